The van der Waals surface area contributed by atoms with Crippen LogP contribution < -0.4 is 0 Å². The minimum atomic E-state index is -4.82. The summed E-state index contributed by atoms with van der Waals surface area (Å²) >= 11 is 1.59. The first-order valence-electron chi connectivity index (χ1n) is 20.8. The Balaban J connectivity index is 0.812. The van der Waals surface area contributed by atoms with Crippen molar-refractivity contribution in [3.63, 3.8) is 0 Å². The van der Waals surface area contributed by atoms with Gasteiger partial charge in [-0.3, -0.25) is 0 Å². The molecule has 0 radical (unpaired) electrons. The Labute approximate surface area is 329 Å². The molecule has 17 heteroatoms. The zero-order valence-electron chi connectivity index (χ0n) is 32.9. The molecule has 0 unspecified atom stereocenters. The molecular formula is C39H58F6O10S. The number of hydrogen-bond acceptors (Lipinski definition) is 11. The summed E-state index contributed by atoms with van der Waals surface area (Å²) in [5.41, 5.74) is -2.26. The third kappa shape index (κ3) is 6.52. The molecule has 10 fully saturated rings. The predicted molar refractivity (Wildman–Crippen MR) is 187 cm³/mol. The van der Waals surface area contributed by atoms with Gasteiger partial charge in [0, 0.05) is 36.5 Å². The van der Waals surface area contributed by atoms with Crippen LogP contribution in [0.2, 0.25) is 0 Å². The quantitative estimate of drug-likeness (QED) is 0.107. The van der Waals surface area contributed by atoms with Crippen molar-refractivity contribution in [3.8, 4) is 0 Å². The van der Waals surface area contributed by atoms with Gasteiger partial charge in [-0.05, 0) is 106 Å². The van der Waals surface area contributed by atoms with Crippen LogP contribution in [0, 0.1) is 47.3 Å². The minimum absolute atomic E-state index is 0.0534. The van der Waals surface area contributed by atoms with Crippen LogP contribution >= 0.6 is 11.8 Å². The molecule has 0 aromatic heterocycles. The highest BCUT2D eigenvalue weighted by Gasteiger charge is 2.78. The zero-order valence-corrected chi connectivity index (χ0v) is 33.7. The Bertz CT molecular complexity index is 1410. The molecule has 16 atom stereocenters. The summed E-state index contributed by atoms with van der Waals surface area (Å²) in [5, 5.41) is 0. The van der Waals surface area contributed by atoms with Crippen molar-refractivity contribution >= 4 is 11.8 Å². The lowest BCUT2D eigenvalue weighted by Gasteiger charge is -2.62. The molecule has 322 valence electrons. The first-order chi connectivity index (χ1) is 26.4. The summed E-state index contributed by atoms with van der Waals surface area (Å²) in [7, 11) is 0. The predicted octanol–water partition coefficient (Wildman–Crippen LogP) is 9.20. The highest BCUT2D eigenvalue weighted by Crippen LogP contribution is 2.65. The van der Waals surface area contributed by atoms with Crippen molar-refractivity contribution in [2.75, 3.05) is 24.7 Å². The molecule has 2 saturated carbocycles. The topological polar surface area (TPSA) is 92.3 Å². The molecule has 0 aromatic carbocycles. The van der Waals surface area contributed by atoms with Gasteiger partial charge in [-0.15, -0.1) is 0 Å². The molecule has 0 N–H and O–H groups in total. The van der Waals surface area contributed by atoms with Gasteiger partial charge in [0.25, 0.3) is 11.6 Å². The molecule has 10 aliphatic rings. The van der Waals surface area contributed by atoms with E-state index in [9.17, 15) is 13.2 Å². The SMILES string of the molecule is C[C@@H]1CC[C@H]2[C@@H](C)[C@](OCCCCSCCCCO[C@@]3(C(F)(F)F)O[C@@H]4O[C@@]5(C)CC[C@H]6[C@H](C)CC[C@@H]([C@H]3C)[C@@]46OO5)(C(F)(F)F)O[C@@H]3O[C@H]4CC[C@@H]1[C@]32OO4. The average molecular weight is 833 g/mol. The number of alkyl halides is 6. The number of ether oxygens (including phenoxy) is 6. The minimum Gasteiger partial charge on any atom is -0.342 e. The Morgan fingerprint density at radius 1 is 0.589 bits per heavy atom. The van der Waals surface area contributed by atoms with Crippen molar-refractivity contribution in [2.45, 2.75) is 171 Å². The maximum atomic E-state index is 15.1. The van der Waals surface area contributed by atoms with Gasteiger partial charge in [-0.1, -0.05) is 27.7 Å². The lowest BCUT2D eigenvalue weighted by molar-refractivity contribution is -0.598. The van der Waals surface area contributed by atoms with Crippen LogP contribution in [0.5, 0.6) is 0 Å². The summed E-state index contributed by atoms with van der Waals surface area (Å²) in [5.74, 6) is -8.51. The number of halogens is 6. The Morgan fingerprint density at radius 2 is 1.11 bits per heavy atom. The lowest BCUT2D eigenvalue weighted by atomic mass is 9.57. The van der Waals surface area contributed by atoms with E-state index in [1.54, 1.807) is 18.7 Å². The Hall–Kier alpha value is -0.470. The van der Waals surface area contributed by atoms with E-state index in [2.05, 4.69) is 13.8 Å². The molecule has 10 nitrogen and oxygen atoms in total. The summed E-state index contributed by atoms with van der Waals surface area (Å²) in [4.78, 5) is 23.3. The van der Waals surface area contributed by atoms with Crippen LogP contribution in [0.4, 0.5) is 26.3 Å². The van der Waals surface area contributed by atoms with E-state index in [-0.39, 0.29) is 36.9 Å². The van der Waals surface area contributed by atoms with E-state index in [0.717, 1.165) is 19.3 Å². The van der Waals surface area contributed by atoms with E-state index < -0.39 is 83.5 Å². The van der Waals surface area contributed by atoms with Crippen molar-refractivity contribution in [1.82, 2.24) is 0 Å². The maximum Gasteiger partial charge on any atom is 0.443 e. The third-order valence-corrected chi connectivity index (χ3v) is 16.1. The van der Waals surface area contributed by atoms with Crippen LogP contribution in [-0.2, 0) is 48.0 Å². The fourth-order valence-corrected chi connectivity index (χ4v) is 13.0. The summed E-state index contributed by atoms with van der Waals surface area (Å²) in [6, 6.07) is 0. The molecule has 0 aromatic rings. The largest absolute Gasteiger partial charge is 0.443 e. The van der Waals surface area contributed by atoms with Gasteiger partial charge in [0.1, 0.15) is 0 Å². The van der Waals surface area contributed by atoms with Crippen LogP contribution in [0.15, 0.2) is 0 Å². The van der Waals surface area contributed by atoms with Crippen molar-refractivity contribution in [2.24, 2.45) is 47.3 Å². The highest BCUT2D eigenvalue weighted by atomic mass is 32.2. The van der Waals surface area contributed by atoms with E-state index in [4.69, 9.17) is 48.0 Å². The summed E-state index contributed by atoms with van der Waals surface area (Å²) in [6.07, 6.45) is -6.06. The van der Waals surface area contributed by atoms with E-state index in [0.29, 0.717) is 69.3 Å². The molecular weight excluding hydrogens is 774 g/mol. The van der Waals surface area contributed by atoms with Crippen molar-refractivity contribution in [3.05, 3.63) is 0 Å². The molecule has 8 aliphatic heterocycles. The molecule has 0 amide bonds. The molecule has 56 heavy (non-hydrogen) atoms. The van der Waals surface area contributed by atoms with Gasteiger partial charge in [0.15, 0.2) is 30.1 Å². The van der Waals surface area contributed by atoms with Crippen LogP contribution in [-0.4, -0.2) is 84.5 Å². The van der Waals surface area contributed by atoms with E-state index in [1.807, 2.05) is 0 Å². The second-order valence-electron chi connectivity index (χ2n) is 18.1. The molecule has 10 rings (SSSR count). The Kier molecular flexibility index (Phi) is 11.4. The molecule has 8 saturated heterocycles. The molecule has 2 aliphatic carbocycles. The van der Waals surface area contributed by atoms with E-state index in [1.165, 1.54) is 13.8 Å². The van der Waals surface area contributed by atoms with Gasteiger partial charge in [0.2, 0.25) is 5.79 Å². The monoisotopic (exact) mass is 832 g/mol. The normalized spacial score (nSPS) is 49.9. The smallest absolute Gasteiger partial charge is 0.342 e. The average Bonchev–Trinajstić information content (AvgIpc) is 3.55. The van der Waals surface area contributed by atoms with Gasteiger partial charge in [-0.2, -0.15) is 38.1 Å². The van der Waals surface area contributed by atoms with Crippen LogP contribution in [0.1, 0.15) is 112 Å². The molecule has 4 bridgehead atoms. The van der Waals surface area contributed by atoms with Crippen molar-refractivity contribution in [1.29, 1.82) is 0 Å². The van der Waals surface area contributed by atoms with Crippen molar-refractivity contribution < 1.29 is 74.3 Å². The van der Waals surface area contributed by atoms with Gasteiger partial charge in [-0.25, -0.2) is 19.6 Å². The Morgan fingerprint density at radius 3 is 1.68 bits per heavy atom. The second-order valence-corrected chi connectivity index (χ2v) is 19.3. The zero-order chi connectivity index (χ0) is 39.9. The number of hydrogen-bond donors (Lipinski definition) is 0. The van der Waals surface area contributed by atoms with Gasteiger partial charge >= 0.3 is 12.4 Å². The number of unbranched alkanes of at least 4 members (excludes halogenated alkanes) is 2. The fourth-order valence-electron chi connectivity index (χ4n) is 12.0. The first-order valence-corrected chi connectivity index (χ1v) is 22.0. The molecule has 8 heterocycles. The van der Waals surface area contributed by atoms with Crippen LogP contribution in [0.3, 0.4) is 0 Å². The summed E-state index contributed by atoms with van der Waals surface area (Å²) in [6.45, 7) is 8.62. The van der Waals surface area contributed by atoms with Crippen LogP contribution in [0.25, 0.3) is 0 Å². The lowest BCUT2D eigenvalue weighted by Crippen LogP contribution is -2.76. The van der Waals surface area contributed by atoms with Gasteiger partial charge in [0.05, 0.1) is 13.2 Å². The summed E-state index contributed by atoms with van der Waals surface area (Å²) < 4.78 is 126. The molecule has 2 spiro atoms. The second kappa shape index (κ2) is 15.2. The number of rotatable bonds is 12. The maximum absolute atomic E-state index is 15.1. The number of thioether (sulfide) groups is 1. The highest BCUT2D eigenvalue weighted by molar-refractivity contribution is 7.99. The first kappa shape index (κ1) is 42.2. The van der Waals surface area contributed by atoms with Gasteiger partial charge < -0.3 is 28.4 Å². The van der Waals surface area contributed by atoms with E-state index >= 15 is 13.2 Å². The standard InChI is InChI=1S/C39H58F6O10S/c1-22-10-12-28-24(3)36(38(40,41)42,50-31-34(28)26(22)14-15-30(48-31)52-54-34)46-18-6-8-20-56-21-9-7-19-47-37(39(43,44)45)25(4)29-13-11-23(2)27-16-17-33(5)49-32(51-37)35(27,29)55-53-33/h22-32H,6-21H2,1-5H3/t22-,23-,24-,25-,26+,27+,28+,29+,30-,31+,32+,33-,34-,35-,36-,37-/m1/s1. The fraction of sp³-hybridized carbons (Fsp3) is 1.00. The third-order valence-electron chi connectivity index (χ3n) is 15.0. The number of fused-ring (bicyclic) bond motifs is 4.